The largest absolute Gasteiger partial charge is 0.419 e. The lowest BCUT2D eigenvalue weighted by Crippen LogP contribution is -2.11. The van der Waals surface area contributed by atoms with Gasteiger partial charge in [0.15, 0.2) is 0 Å². The predicted molar refractivity (Wildman–Crippen MR) is 54.1 cm³/mol. The number of imidazole rings is 1. The Balaban J connectivity index is 2.95. The zero-order valence-electron chi connectivity index (χ0n) is 7.92. The van der Waals surface area contributed by atoms with Crippen LogP contribution in [0.2, 0.25) is 0 Å². The first-order chi connectivity index (χ1) is 7.71. The van der Waals surface area contributed by atoms with Crippen LogP contribution in [0.3, 0.4) is 0 Å². The molecule has 4 nitrogen and oxygen atoms in total. The van der Waals surface area contributed by atoms with Gasteiger partial charge in [0.1, 0.15) is 11.1 Å². The van der Waals surface area contributed by atoms with Crippen molar-refractivity contribution in [2.75, 3.05) is 0 Å². The smallest absolute Gasteiger partial charge is 0.345 e. The average molecular weight is 285 g/mol. The normalized spacial score (nSPS) is 13.2. The molecule has 2 rings (SSSR count). The first-order valence-corrected chi connectivity index (χ1v) is 6.50. The lowest BCUT2D eigenvalue weighted by molar-refractivity contribution is -0.138. The van der Waals surface area contributed by atoms with Gasteiger partial charge in [0.05, 0.1) is 16.7 Å². The second kappa shape index (κ2) is 3.61. The summed E-state index contributed by atoms with van der Waals surface area (Å²) in [5.74, 6) is 0. The first kappa shape index (κ1) is 12.2. The van der Waals surface area contributed by atoms with Gasteiger partial charge < -0.3 is 4.98 Å². The monoisotopic (exact) mass is 284 g/mol. The number of aromatic nitrogens is 2. The molecule has 0 saturated carbocycles. The molecule has 1 aromatic heterocycles. The molecule has 0 aliphatic heterocycles. The van der Waals surface area contributed by atoms with Crippen molar-refractivity contribution in [3.63, 3.8) is 0 Å². The number of nitrogens with one attached hydrogen (secondary N) is 1. The van der Waals surface area contributed by atoms with E-state index in [9.17, 15) is 21.6 Å². The highest BCUT2D eigenvalue weighted by molar-refractivity contribution is 8.13. The fourth-order valence-corrected chi connectivity index (χ4v) is 2.54. The number of H-pyrrole nitrogens is 1. The van der Waals surface area contributed by atoms with Crippen LogP contribution in [-0.4, -0.2) is 18.4 Å². The second-order valence-corrected chi connectivity index (χ2v) is 5.71. The average Bonchev–Trinajstić information content (AvgIpc) is 2.59. The van der Waals surface area contributed by atoms with Crippen LogP contribution in [-0.2, 0) is 15.2 Å². The summed E-state index contributed by atoms with van der Waals surface area (Å²) >= 11 is 0. The van der Waals surface area contributed by atoms with Gasteiger partial charge in [-0.2, -0.15) is 13.2 Å². The number of aromatic amines is 1. The third kappa shape index (κ3) is 2.09. The van der Waals surface area contributed by atoms with E-state index >= 15 is 0 Å². The topological polar surface area (TPSA) is 62.8 Å². The van der Waals surface area contributed by atoms with Gasteiger partial charge in [-0.25, -0.2) is 13.4 Å². The van der Waals surface area contributed by atoms with Crippen LogP contribution >= 0.6 is 10.7 Å². The van der Waals surface area contributed by atoms with Crippen LogP contribution in [0.25, 0.3) is 11.0 Å². The van der Waals surface area contributed by atoms with Gasteiger partial charge in [-0.05, 0) is 12.1 Å². The number of benzene rings is 1. The molecule has 0 spiro atoms. The van der Waals surface area contributed by atoms with Crippen LogP contribution in [0.5, 0.6) is 0 Å². The maximum Gasteiger partial charge on any atom is 0.419 e. The Hall–Kier alpha value is -1.28. The molecule has 0 saturated heterocycles. The number of nitrogens with zero attached hydrogens (tertiary/aromatic N) is 1. The van der Waals surface area contributed by atoms with Crippen molar-refractivity contribution in [1.29, 1.82) is 0 Å². The fourth-order valence-electron chi connectivity index (χ4n) is 1.47. The summed E-state index contributed by atoms with van der Waals surface area (Å²) in [6.07, 6.45) is -3.81. The van der Waals surface area contributed by atoms with Crippen molar-refractivity contribution in [2.24, 2.45) is 0 Å². The van der Waals surface area contributed by atoms with E-state index in [2.05, 4.69) is 9.97 Å². The molecule has 0 fully saturated rings. The third-order valence-corrected chi connectivity index (χ3v) is 3.46. The summed E-state index contributed by atoms with van der Waals surface area (Å²) in [5.41, 5.74) is -1.74. The van der Waals surface area contributed by atoms with Crippen LogP contribution in [0.15, 0.2) is 23.4 Å². The Morgan fingerprint density at radius 3 is 2.47 bits per heavy atom. The van der Waals surface area contributed by atoms with Gasteiger partial charge in [0.2, 0.25) is 0 Å². The molecule has 0 atom stereocenters. The molecule has 0 unspecified atom stereocenters. The SMILES string of the molecule is O=S(=O)(Cl)c1ccc2[nH]cnc2c1C(F)(F)F. The number of alkyl halides is 3. The number of halogens is 4. The third-order valence-electron chi connectivity index (χ3n) is 2.10. The molecule has 1 heterocycles. The molecule has 0 radical (unpaired) electrons. The Morgan fingerprint density at radius 2 is 1.94 bits per heavy atom. The lowest BCUT2D eigenvalue weighted by Gasteiger charge is -2.10. The molecular weight excluding hydrogens is 281 g/mol. The molecule has 0 amide bonds. The predicted octanol–water partition coefficient (Wildman–Crippen LogP) is 2.51. The van der Waals surface area contributed by atoms with E-state index in [4.69, 9.17) is 10.7 Å². The highest BCUT2D eigenvalue weighted by Crippen LogP contribution is 2.39. The Bertz CT molecular complexity index is 678. The summed E-state index contributed by atoms with van der Waals surface area (Å²) in [7, 11) is 0.484. The maximum atomic E-state index is 12.8. The Labute approximate surface area is 97.8 Å². The van der Waals surface area contributed by atoms with Gasteiger partial charge >= 0.3 is 6.18 Å². The first-order valence-electron chi connectivity index (χ1n) is 4.19. The van der Waals surface area contributed by atoms with Crippen molar-refractivity contribution in [2.45, 2.75) is 11.1 Å². The molecule has 92 valence electrons. The molecule has 1 N–H and O–H groups in total. The molecule has 0 aliphatic rings. The van der Waals surface area contributed by atoms with E-state index in [-0.39, 0.29) is 5.52 Å². The van der Waals surface area contributed by atoms with E-state index in [1.807, 2.05) is 0 Å². The van der Waals surface area contributed by atoms with E-state index in [0.717, 1.165) is 12.4 Å². The molecule has 9 heteroatoms. The van der Waals surface area contributed by atoms with Gasteiger partial charge in [-0.3, -0.25) is 0 Å². The van der Waals surface area contributed by atoms with Crippen molar-refractivity contribution in [3.8, 4) is 0 Å². The summed E-state index contributed by atoms with van der Waals surface area (Å²) < 4.78 is 60.6. The van der Waals surface area contributed by atoms with Crippen LogP contribution < -0.4 is 0 Å². The van der Waals surface area contributed by atoms with Crippen LogP contribution in [0, 0.1) is 0 Å². The van der Waals surface area contributed by atoms with E-state index in [1.165, 1.54) is 6.07 Å². The van der Waals surface area contributed by atoms with E-state index < -0.39 is 31.2 Å². The maximum absolute atomic E-state index is 12.8. The van der Waals surface area contributed by atoms with Crippen LogP contribution in [0.1, 0.15) is 5.56 Å². The van der Waals surface area contributed by atoms with Gasteiger partial charge in [-0.15, -0.1) is 0 Å². The van der Waals surface area contributed by atoms with Gasteiger partial charge in [0.25, 0.3) is 9.05 Å². The summed E-state index contributed by atoms with van der Waals surface area (Å²) in [6, 6.07) is 1.97. The minimum absolute atomic E-state index is 0.0846. The minimum Gasteiger partial charge on any atom is -0.345 e. The zero-order chi connectivity index (χ0) is 12.8. The standard InChI is InChI=1S/C8H4ClF3N2O2S/c9-17(15,16)5-2-1-4-7(14-3-13-4)6(5)8(10,11)12/h1-3H,(H,13,14). The second-order valence-electron chi connectivity index (χ2n) is 3.17. The lowest BCUT2D eigenvalue weighted by atomic mass is 10.2. The molecule has 0 bridgehead atoms. The highest BCUT2D eigenvalue weighted by Gasteiger charge is 2.39. The molecule has 1 aromatic carbocycles. The number of fused-ring (bicyclic) bond motifs is 1. The van der Waals surface area contributed by atoms with Crippen molar-refractivity contribution in [1.82, 2.24) is 9.97 Å². The molecular formula is C8H4ClF3N2O2S. The number of hydrogen-bond acceptors (Lipinski definition) is 3. The van der Waals surface area contributed by atoms with E-state index in [1.54, 1.807) is 0 Å². The summed E-state index contributed by atoms with van der Waals surface area (Å²) in [4.78, 5) is 4.93. The van der Waals surface area contributed by atoms with Crippen molar-refractivity contribution >= 4 is 30.8 Å². The molecule has 2 aromatic rings. The number of hydrogen-bond donors (Lipinski definition) is 1. The van der Waals surface area contributed by atoms with Gasteiger partial charge in [0, 0.05) is 10.7 Å². The van der Waals surface area contributed by atoms with Gasteiger partial charge in [-0.1, -0.05) is 0 Å². The van der Waals surface area contributed by atoms with Crippen molar-refractivity contribution in [3.05, 3.63) is 24.0 Å². The number of rotatable bonds is 1. The molecule has 17 heavy (non-hydrogen) atoms. The quantitative estimate of drug-likeness (QED) is 0.819. The fraction of sp³-hybridized carbons (Fsp3) is 0.125. The Kier molecular flexibility index (Phi) is 2.58. The molecule has 0 aliphatic carbocycles. The summed E-state index contributed by atoms with van der Waals surface area (Å²) in [5, 5.41) is 0. The van der Waals surface area contributed by atoms with E-state index in [0.29, 0.717) is 0 Å². The van der Waals surface area contributed by atoms with Crippen LogP contribution in [0.4, 0.5) is 13.2 Å². The highest BCUT2D eigenvalue weighted by atomic mass is 35.7. The summed E-state index contributed by atoms with van der Waals surface area (Å²) in [6.45, 7) is 0. The minimum atomic E-state index is -4.86. The van der Waals surface area contributed by atoms with Crippen molar-refractivity contribution < 1.29 is 21.6 Å². The zero-order valence-corrected chi connectivity index (χ0v) is 9.49. The Morgan fingerprint density at radius 1 is 1.29 bits per heavy atom.